The predicted octanol–water partition coefficient (Wildman–Crippen LogP) is 2.84. The molecule has 0 saturated carbocycles. The Hall–Kier alpha value is 0.270. The highest BCUT2D eigenvalue weighted by Gasteiger charge is 2.30. The molecule has 1 aliphatic heterocycles. The molecule has 1 heterocycles. The third-order valence-corrected chi connectivity index (χ3v) is 4.48. The van der Waals surface area contributed by atoms with Gasteiger partial charge in [0.15, 0.2) is 0 Å². The summed E-state index contributed by atoms with van der Waals surface area (Å²) in [4.78, 5) is 2.64. The Morgan fingerprint density at radius 1 is 1.35 bits per heavy atom. The van der Waals surface area contributed by atoms with Crippen LogP contribution in [-0.4, -0.2) is 48.1 Å². The Bertz CT molecular complexity index is 226. The van der Waals surface area contributed by atoms with Gasteiger partial charge >= 0.3 is 0 Å². The number of nitrogens with zero attached hydrogens (tertiary/aromatic N) is 1. The Balaban J connectivity index is 2.35. The maximum atomic E-state index is 3.55. The zero-order valence-electron chi connectivity index (χ0n) is 12.3. The summed E-state index contributed by atoms with van der Waals surface area (Å²) in [7, 11) is 0. The number of thioether (sulfide) groups is 1. The van der Waals surface area contributed by atoms with Crippen LogP contribution in [0, 0.1) is 5.41 Å². The second-order valence-corrected chi connectivity index (χ2v) is 8.46. The van der Waals surface area contributed by atoms with E-state index in [1.807, 2.05) is 0 Å². The fourth-order valence-electron chi connectivity index (χ4n) is 2.51. The largest absolute Gasteiger partial charge is 0.316 e. The molecule has 0 unspecified atom stereocenters. The molecule has 3 heteroatoms. The first kappa shape index (κ1) is 15.3. The van der Waals surface area contributed by atoms with E-state index in [0.29, 0.717) is 10.2 Å². The van der Waals surface area contributed by atoms with Gasteiger partial charge in [-0.3, -0.25) is 0 Å². The van der Waals surface area contributed by atoms with Crippen LogP contribution < -0.4 is 5.32 Å². The standard InChI is InChI=1S/C14H30N2S/c1-6-7-15-10-13(2,3)11-16-8-9-17-14(4,5)12-16/h15H,6-12H2,1-5H3. The summed E-state index contributed by atoms with van der Waals surface area (Å²) in [6.07, 6.45) is 1.23. The van der Waals surface area contributed by atoms with Crippen LogP contribution in [0.3, 0.4) is 0 Å². The van der Waals surface area contributed by atoms with Crippen LogP contribution in [0.1, 0.15) is 41.0 Å². The summed E-state index contributed by atoms with van der Waals surface area (Å²) in [5.74, 6) is 1.28. The van der Waals surface area contributed by atoms with E-state index in [-0.39, 0.29) is 0 Å². The van der Waals surface area contributed by atoms with Gasteiger partial charge in [-0.1, -0.05) is 20.8 Å². The molecule has 0 atom stereocenters. The zero-order valence-corrected chi connectivity index (χ0v) is 13.1. The normalized spacial score (nSPS) is 21.7. The number of hydrogen-bond donors (Lipinski definition) is 1. The van der Waals surface area contributed by atoms with Crippen LogP contribution in [0.4, 0.5) is 0 Å². The molecule has 1 aliphatic rings. The first-order chi connectivity index (χ1) is 7.85. The SMILES string of the molecule is CCCNCC(C)(C)CN1CCSC(C)(C)C1. The average Bonchev–Trinajstić information content (AvgIpc) is 2.15. The second-order valence-electron chi connectivity index (χ2n) is 6.66. The van der Waals surface area contributed by atoms with Gasteiger partial charge in [-0.05, 0) is 32.2 Å². The van der Waals surface area contributed by atoms with Gasteiger partial charge in [-0.25, -0.2) is 0 Å². The summed E-state index contributed by atoms with van der Waals surface area (Å²) in [6.45, 7) is 17.7. The van der Waals surface area contributed by atoms with Crippen molar-refractivity contribution >= 4 is 11.8 Å². The molecule has 0 aromatic heterocycles. The van der Waals surface area contributed by atoms with Crippen molar-refractivity contribution in [3.63, 3.8) is 0 Å². The highest BCUT2D eigenvalue weighted by Crippen LogP contribution is 2.31. The van der Waals surface area contributed by atoms with Crippen LogP contribution in [0.15, 0.2) is 0 Å². The molecule has 1 rings (SSSR count). The van der Waals surface area contributed by atoms with Gasteiger partial charge in [0.25, 0.3) is 0 Å². The molecule has 0 aliphatic carbocycles. The topological polar surface area (TPSA) is 15.3 Å². The molecule has 17 heavy (non-hydrogen) atoms. The molecule has 0 amide bonds. The summed E-state index contributed by atoms with van der Waals surface area (Å²) >= 11 is 2.11. The molecule has 0 radical (unpaired) electrons. The van der Waals surface area contributed by atoms with Crippen LogP contribution in [0.2, 0.25) is 0 Å². The van der Waals surface area contributed by atoms with Crippen molar-refractivity contribution in [3.05, 3.63) is 0 Å². The van der Waals surface area contributed by atoms with Crippen molar-refractivity contribution in [1.29, 1.82) is 0 Å². The van der Waals surface area contributed by atoms with E-state index in [0.717, 1.165) is 13.1 Å². The minimum Gasteiger partial charge on any atom is -0.316 e. The van der Waals surface area contributed by atoms with Crippen molar-refractivity contribution in [2.45, 2.75) is 45.8 Å². The molecular weight excluding hydrogens is 228 g/mol. The Morgan fingerprint density at radius 3 is 2.65 bits per heavy atom. The predicted molar refractivity (Wildman–Crippen MR) is 79.9 cm³/mol. The maximum Gasteiger partial charge on any atom is 0.0231 e. The number of rotatable bonds is 6. The van der Waals surface area contributed by atoms with Gasteiger partial charge < -0.3 is 10.2 Å². The Labute approximate surface area is 112 Å². The molecule has 1 saturated heterocycles. The van der Waals surface area contributed by atoms with Crippen molar-refractivity contribution in [2.24, 2.45) is 5.41 Å². The second kappa shape index (κ2) is 6.44. The Morgan fingerprint density at radius 2 is 2.06 bits per heavy atom. The van der Waals surface area contributed by atoms with Crippen molar-refractivity contribution < 1.29 is 0 Å². The summed E-state index contributed by atoms with van der Waals surface area (Å²) in [6, 6.07) is 0. The molecule has 2 nitrogen and oxygen atoms in total. The number of nitrogens with one attached hydrogen (secondary N) is 1. The van der Waals surface area contributed by atoms with Gasteiger partial charge in [-0.2, -0.15) is 11.8 Å². The van der Waals surface area contributed by atoms with E-state index in [1.54, 1.807) is 0 Å². The van der Waals surface area contributed by atoms with Gasteiger partial charge in [0, 0.05) is 36.7 Å². The highest BCUT2D eigenvalue weighted by atomic mass is 32.2. The van der Waals surface area contributed by atoms with Crippen LogP contribution in [0.25, 0.3) is 0 Å². The summed E-state index contributed by atoms with van der Waals surface area (Å²) in [5.41, 5.74) is 0.382. The smallest absolute Gasteiger partial charge is 0.0231 e. The van der Waals surface area contributed by atoms with Crippen molar-refractivity contribution in [1.82, 2.24) is 10.2 Å². The molecule has 0 spiro atoms. The zero-order chi connectivity index (χ0) is 12.9. The summed E-state index contributed by atoms with van der Waals surface area (Å²) < 4.78 is 0.436. The van der Waals surface area contributed by atoms with E-state index in [2.05, 4.69) is 56.6 Å². The minimum absolute atomic E-state index is 0.382. The third-order valence-electron chi connectivity index (χ3n) is 3.19. The lowest BCUT2D eigenvalue weighted by molar-refractivity contribution is 0.168. The molecule has 102 valence electrons. The first-order valence-electron chi connectivity index (χ1n) is 6.92. The van der Waals surface area contributed by atoms with E-state index < -0.39 is 0 Å². The Kier molecular flexibility index (Phi) is 5.81. The fraction of sp³-hybridized carbons (Fsp3) is 1.00. The van der Waals surface area contributed by atoms with E-state index in [1.165, 1.54) is 31.8 Å². The van der Waals surface area contributed by atoms with E-state index in [9.17, 15) is 0 Å². The van der Waals surface area contributed by atoms with E-state index >= 15 is 0 Å². The minimum atomic E-state index is 0.382. The van der Waals surface area contributed by atoms with Gasteiger partial charge in [0.1, 0.15) is 0 Å². The molecule has 0 aromatic rings. The first-order valence-corrected chi connectivity index (χ1v) is 7.90. The van der Waals surface area contributed by atoms with Crippen molar-refractivity contribution in [2.75, 3.05) is 38.5 Å². The molecule has 0 bridgehead atoms. The van der Waals surface area contributed by atoms with Gasteiger partial charge in [-0.15, -0.1) is 0 Å². The molecule has 1 N–H and O–H groups in total. The molecular formula is C14H30N2S. The van der Waals surface area contributed by atoms with Crippen LogP contribution >= 0.6 is 11.8 Å². The average molecular weight is 258 g/mol. The van der Waals surface area contributed by atoms with Crippen LogP contribution in [0.5, 0.6) is 0 Å². The highest BCUT2D eigenvalue weighted by molar-refractivity contribution is 8.00. The fourth-order valence-corrected chi connectivity index (χ4v) is 3.69. The van der Waals surface area contributed by atoms with Gasteiger partial charge in [0.05, 0.1) is 0 Å². The lowest BCUT2D eigenvalue weighted by Gasteiger charge is -2.41. The third kappa shape index (κ3) is 6.12. The molecule has 0 aromatic carbocycles. The van der Waals surface area contributed by atoms with Crippen LogP contribution in [-0.2, 0) is 0 Å². The van der Waals surface area contributed by atoms with Crippen molar-refractivity contribution in [3.8, 4) is 0 Å². The summed E-state index contributed by atoms with van der Waals surface area (Å²) in [5, 5.41) is 3.55. The lowest BCUT2D eigenvalue weighted by Crippen LogP contribution is -2.48. The van der Waals surface area contributed by atoms with Gasteiger partial charge in [0.2, 0.25) is 0 Å². The molecule has 1 fully saturated rings. The monoisotopic (exact) mass is 258 g/mol. The van der Waals surface area contributed by atoms with E-state index in [4.69, 9.17) is 0 Å². The lowest BCUT2D eigenvalue weighted by atomic mass is 9.92. The maximum absolute atomic E-state index is 3.55. The quantitative estimate of drug-likeness (QED) is 0.738. The number of hydrogen-bond acceptors (Lipinski definition) is 3.